The smallest absolute Gasteiger partial charge is 0.334 e. The molecule has 112 valence electrons. The van der Waals surface area contributed by atoms with E-state index in [1.54, 1.807) is 12.1 Å². The van der Waals surface area contributed by atoms with Crippen LogP contribution in [0.4, 0.5) is 4.39 Å². The number of hydrogen-bond donors (Lipinski definition) is 1. The number of amides is 1. The molecule has 1 aromatic rings. The normalized spacial score (nSPS) is 24.3. The molecule has 0 bridgehead atoms. The van der Waals surface area contributed by atoms with E-state index < -0.39 is 24.0 Å². The third-order valence-electron chi connectivity index (χ3n) is 3.64. The Balaban J connectivity index is 1.70. The molecule has 1 amide bonds. The second-order valence-electron chi connectivity index (χ2n) is 5.02. The highest BCUT2D eigenvalue weighted by atomic mass is 19.1. The highest BCUT2D eigenvalue weighted by Gasteiger charge is 2.37. The lowest BCUT2D eigenvalue weighted by molar-refractivity contribution is -0.161. The Labute approximate surface area is 120 Å². The van der Waals surface area contributed by atoms with Crippen molar-refractivity contribution in [2.75, 3.05) is 19.7 Å². The molecule has 0 aliphatic carbocycles. The molecule has 3 rings (SSSR count). The summed E-state index contributed by atoms with van der Waals surface area (Å²) >= 11 is 0. The molecule has 0 unspecified atom stereocenters. The van der Waals surface area contributed by atoms with Gasteiger partial charge in [-0.1, -0.05) is 12.1 Å². The molecular weight excluding hydrogens is 281 g/mol. The van der Waals surface area contributed by atoms with Crippen LogP contribution in [0.15, 0.2) is 18.2 Å². The van der Waals surface area contributed by atoms with Crippen molar-refractivity contribution in [3.05, 3.63) is 29.6 Å². The van der Waals surface area contributed by atoms with Crippen molar-refractivity contribution in [3.8, 4) is 5.75 Å². The minimum Gasteiger partial charge on any atom is -0.479 e. The molecule has 6 nitrogen and oxygen atoms in total. The van der Waals surface area contributed by atoms with Crippen molar-refractivity contribution in [2.45, 2.75) is 18.6 Å². The number of carbonyl (C=O) groups is 2. The van der Waals surface area contributed by atoms with Gasteiger partial charge in [0.2, 0.25) is 0 Å². The summed E-state index contributed by atoms with van der Waals surface area (Å²) < 4.78 is 24.1. The molecule has 1 saturated heterocycles. The Morgan fingerprint density at radius 2 is 2.14 bits per heavy atom. The minimum absolute atomic E-state index is 0.0210. The van der Waals surface area contributed by atoms with Crippen molar-refractivity contribution in [1.29, 1.82) is 0 Å². The first kappa shape index (κ1) is 13.8. The maximum atomic E-state index is 13.6. The van der Waals surface area contributed by atoms with Crippen molar-refractivity contribution in [2.24, 2.45) is 0 Å². The third kappa shape index (κ3) is 2.56. The quantitative estimate of drug-likeness (QED) is 0.857. The lowest BCUT2D eigenvalue weighted by Crippen LogP contribution is -2.52. The third-order valence-corrected chi connectivity index (χ3v) is 3.64. The van der Waals surface area contributed by atoms with Crippen LogP contribution in [0.25, 0.3) is 0 Å². The van der Waals surface area contributed by atoms with Gasteiger partial charge in [0.15, 0.2) is 23.8 Å². The van der Waals surface area contributed by atoms with Gasteiger partial charge >= 0.3 is 5.97 Å². The van der Waals surface area contributed by atoms with Gasteiger partial charge < -0.3 is 19.5 Å². The molecule has 7 heteroatoms. The van der Waals surface area contributed by atoms with Crippen molar-refractivity contribution >= 4 is 11.9 Å². The van der Waals surface area contributed by atoms with Crippen LogP contribution >= 0.6 is 0 Å². The van der Waals surface area contributed by atoms with E-state index >= 15 is 0 Å². The van der Waals surface area contributed by atoms with E-state index in [1.165, 1.54) is 11.0 Å². The molecule has 0 saturated carbocycles. The Morgan fingerprint density at radius 3 is 2.86 bits per heavy atom. The highest BCUT2D eigenvalue weighted by molar-refractivity contribution is 5.83. The predicted molar refractivity (Wildman–Crippen MR) is 68.5 cm³/mol. The van der Waals surface area contributed by atoms with Gasteiger partial charge in [0, 0.05) is 18.5 Å². The summed E-state index contributed by atoms with van der Waals surface area (Å²) in [6.45, 7) is 0.449. The summed E-state index contributed by atoms with van der Waals surface area (Å²) in [7, 11) is 0. The molecule has 1 fully saturated rings. The van der Waals surface area contributed by atoms with Gasteiger partial charge in [0.25, 0.3) is 5.91 Å². The zero-order valence-corrected chi connectivity index (χ0v) is 11.1. The number of benzene rings is 1. The van der Waals surface area contributed by atoms with Gasteiger partial charge in [-0.25, -0.2) is 9.18 Å². The van der Waals surface area contributed by atoms with E-state index in [9.17, 15) is 14.0 Å². The molecule has 2 aliphatic rings. The predicted octanol–water partition coefficient (Wildman–Crippen LogP) is 0.441. The zero-order chi connectivity index (χ0) is 15.0. The molecule has 2 heterocycles. The SMILES string of the molecule is O=C(O)[C@@H]1CN(C(=O)[C@@H]2Cc3cccc(F)c3O2)CCO1. The molecule has 21 heavy (non-hydrogen) atoms. The number of carboxylic acid groups (broad SMARTS) is 1. The first-order valence-electron chi connectivity index (χ1n) is 6.63. The van der Waals surface area contributed by atoms with Crippen LogP contribution in [0.5, 0.6) is 5.75 Å². The van der Waals surface area contributed by atoms with Crippen molar-refractivity contribution in [1.82, 2.24) is 4.90 Å². The number of para-hydroxylation sites is 1. The van der Waals surface area contributed by atoms with Crippen LogP contribution in [0.1, 0.15) is 5.56 Å². The van der Waals surface area contributed by atoms with Gasteiger partial charge in [-0.15, -0.1) is 0 Å². The standard InChI is InChI=1S/C14H14FNO5/c15-9-3-1-2-8-6-10(21-12(8)9)13(17)16-4-5-20-11(7-16)14(18)19/h1-3,10-11H,4-7H2,(H,18,19)/t10-,11-/m0/s1. The fourth-order valence-electron chi connectivity index (χ4n) is 2.57. The van der Waals surface area contributed by atoms with Gasteiger partial charge in [0.05, 0.1) is 13.2 Å². The monoisotopic (exact) mass is 295 g/mol. The lowest BCUT2D eigenvalue weighted by Gasteiger charge is -2.32. The minimum atomic E-state index is -1.10. The van der Waals surface area contributed by atoms with Gasteiger partial charge in [0.1, 0.15) is 0 Å². The number of ether oxygens (including phenoxy) is 2. The first-order chi connectivity index (χ1) is 10.1. The molecule has 0 spiro atoms. The largest absolute Gasteiger partial charge is 0.479 e. The molecule has 1 aromatic carbocycles. The van der Waals surface area contributed by atoms with E-state index in [4.69, 9.17) is 14.6 Å². The van der Waals surface area contributed by atoms with Gasteiger partial charge in [-0.3, -0.25) is 4.79 Å². The summed E-state index contributed by atoms with van der Waals surface area (Å²) in [5.41, 5.74) is 0.649. The highest BCUT2D eigenvalue weighted by Crippen LogP contribution is 2.32. The molecule has 0 radical (unpaired) electrons. The summed E-state index contributed by atoms with van der Waals surface area (Å²) in [5, 5.41) is 8.94. The number of carbonyl (C=O) groups excluding carboxylic acids is 1. The summed E-state index contributed by atoms with van der Waals surface area (Å²) in [6, 6.07) is 4.56. The zero-order valence-electron chi connectivity index (χ0n) is 11.1. The fraction of sp³-hybridized carbons (Fsp3) is 0.429. The number of fused-ring (bicyclic) bond motifs is 1. The van der Waals surface area contributed by atoms with Crippen LogP contribution in [0, 0.1) is 5.82 Å². The number of nitrogens with zero attached hydrogens (tertiary/aromatic N) is 1. The molecular formula is C14H14FNO5. The number of carboxylic acids is 1. The number of hydrogen-bond acceptors (Lipinski definition) is 4. The Hall–Kier alpha value is -2.15. The van der Waals surface area contributed by atoms with Crippen LogP contribution in [0.3, 0.4) is 0 Å². The second-order valence-corrected chi connectivity index (χ2v) is 5.02. The van der Waals surface area contributed by atoms with Crippen molar-refractivity contribution in [3.63, 3.8) is 0 Å². The van der Waals surface area contributed by atoms with E-state index in [-0.39, 0.29) is 24.8 Å². The Bertz CT molecular complexity index is 591. The van der Waals surface area contributed by atoms with E-state index in [0.717, 1.165) is 0 Å². The van der Waals surface area contributed by atoms with Gasteiger partial charge in [-0.2, -0.15) is 0 Å². The Kier molecular flexibility index (Phi) is 3.50. The Morgan fingerprint density at radius 1 is 1.33 bits per heavy atom. The maximum absolute atomic E-state index is 13.6. The van der Waals surface area contributed by atoms with Crippen LogP contribution in [0.2, 0.25) is 0 Å². The molecule has 2 atom stereocenters. The summed E-state index contributed by atoms with van der Waals surface area (Å²) in [4.78, 5) is 24.7. The molecule has 1 N–H and O–H groups in total. The van der Waals surface area contributed by atoms with Crippen molar-refractivity contribution < 1.29 is 28.6 Å². The number of rotatable bonds is 2. The first-order valence-corrected chi connectivity index (χ1v) is 6.63. The second kappa shape index (κ2) is 5.33. The summed E-state index contributed by atoms with van der Waals surface area (Å²) in [5.74, 6) is -1.82. The molecule has 0 aromatic heterocycles. The van der Waals surface area contributed by atoms with E-state index in [1.807, 2.05) is 0 Å². The summed E-state index contributed by atoms with van der Waals surface area (Å²) in [6.07, 6.45) is -1.53. The molecule has 2 aliphatic heterocycles. The fourth-order valence-corrected chi connectivity index (χ4v) is 2.57. The number of halogens is 1. The lowest BCUT2D eigenvalue weighted by atomic mass is 10.1. The van der Waals surface area contributed by atoms with Crippen LogP contribution < -0.4 is 4.74 Å². The van der Waals surface area contributed by atoms with Gasteiger partial charge in [-0.05, 0) is 6.07 Å². The number of morpholine rings is 1. The number of aliphatic carboxylic acids is 1. The van der Waals surface area contributed by atoms with E-state index in [0.29, 0.717) is 18.5 Å². The average molecular weight is 295 g/mol. The average Bonchev–Trinajstić information content (AvgIpc) is 2.92. The topological polar surface area (TPSA) is 76.1 Å². The van der Waals surface area contributed by atoms with Crippen LogP contribution in [-0.2, 0) is 20.7 Å². The van der Waals surface area contributed by atoms with E-state index in [2.05, 4.69) is 0 Å². The maximum Gasteiger partial charge on any atom is 0.334 e. The van der Waals surface area contributed by atoms with Crippen LogP contribution in [-0.4, -0.2) is 53.8 Å².